The van der Waals surface area contributed by atoms with Crippen LogP contribution in [0.5, 0.6) is 11.5 Å². The van der Waals surface area contributed by atoms with Gasteiger partial charge in [0.2, 0.25) is 0 Å². The number of likely N-dealkylation sites (tertiary alicyclic amines) is 1. The van der Waals surface area contributed by atoms with Gasteiger partial charge in [-0.2, -0.15) is 0 Å². The zero-order valence-electron chi connectivity index (χ0n) is 10.6. The third-order valence-electron chi connectivity index (χ3n) is 3.43. The van der Waals surface area contributed by atoms with Crippen LogP contribution in [0.2, 0.25) is 0 Å². The summed E-state index contributed by atoms with van der Waals surface area (Å²) in [6, 6.07) is 5.54. The van der Waals surface area contributed by atoms with Crippen LogP contribution < -0.4 is 4.74 Å². The number of piperidine rings is 1. The van der Waals surface area contributed by atoms with Crippen molar-refractivity contribution in [3.63, 3.8) is 0 Å². The quantitative estimate of drug-likeness (QED) is 0.874. The summed E-state index contributed by atoms with van der Waals surface area (Å²) >= 11 is 0. The van der Waals surface area contributed by atoms with E-state index in [-0.39, 0.29) is 0 Å². The summed E-state index contributed by atoms with van der Waals surface area (Å²) in [5.74, 6) is 1.81. The summed E-state index contributed by atoms with van der Waals surface area (Å²) in [5.41, 5.74) is 0.986. The molecule has 1 aliphatic heterocycles. The van der Waals surface area contributed by atoms with Gasteiger partial charge >= 0.3 is 0 Å². The summed E-state index contributed by atoms with van der Waals surface area (Å²) in [5, 5.41) is 9.91. The van der Waals surface area contributed by atoms with E-state index in [4.69, 9.17) is 4.74 Å². The first kappa shape index (κ1) is 12.2. The highest BCUT2D eigenvalue weighted by Crippen LogP contribution is 2.26. The van der Waals surface area contributed by atoms with Crippen molar-refractivity contribution in [1.82, 2.24) is 4.90 Å². The standard InChI is InChI=1S/C14H21NO2/c1-11-4-3-7-15(9-11)10-12-5-6-13(17-2)8-14(12)16/h5-6,8,11,16H,3-4,7,9-10H2,1-2H3. The van der Waals surface area contributed by atoms with Crippen molar-refractivity contribution in [3.05, 3.63) is 23.8 Å². The molecule has 1 saturated heterocycles. The van der Waals surface area contributed by atoms with Crippen molar-refractivity contribution in [2.75, 3.05) is 20.2 Å². The molecule has 0 bridgehead atoms. The van der Waals surface area contributed by atoms with Crippen molar-refractivity contribution in [1.29, 1.82) is 0 Å². The van der Waals surface area contributed by atoms with E-state index in [1.807, 2.05) is 12.1 Å². The van der Waals surface area contributed by atoms with Crippen LogP contribution in [0.15, 0.2) is 18.2 Å². The number of ether oxygens (including phenoxy) is 1. The molecule has 17 heavy (non-hydrogen) atoms. The highest BCUT2D eigenvalue weighted by Gasteiger charge is 2.17. The van der Waals surface area contributed by atoms with Gasteiger partial charge in [0.25, 0.3) is 0 Å². The zero-order chi connectivity index (χ0) is 12.3. The molecule has 94 valence electrons. The fourth-order valence-corrected chi connectivity index (χ4v) is 2.48. The Bertz CT molecular complexity index is 378. The molecule has 0 aromatic heterocycles. The Morgan fingerprint density at radius 3 is 2.94 bits per heavy atom. The van der Waals surface area contributed by atoms with Crippen LogP contribution in [0, 0.1) is 5.92 Å². The number of nitrogens with zero attached hydrogens (tertiary/aromatic N) is 1. The summed E-state index contributed by atoms with van der Waals surface area (Å²) in [6.45, 7) is 5.39. The number of methoxy groups -OCH3 is 1. The van der Waals surface area contributed by atoms with Crippen LogP contribution in [-0.2, 0) is 6.54 Å². The van der Waals surface area contributed by atoms with E-state index in [1.165, 1.54) is 12.8 Å². The summed E-state index contributed by atoms with van der Waals surface area (Å²) < 4.78 is 5.08. The van der Waals surface area contributed by atoms with Crippen LogP contribution in [0.25, 0.3) is 0 Å². The average molecular weight is 235 g/mol. The highest BCUT2D eigenvalue weighted by atomic mass is 16.5. The molecule has 0 amide bonds. The van der Waals surface area contributed by atoms with Gasteiger partial charge in [0.1, 0.15) is 11.5 Å². The van der Waals surface area contributed by atoms with Crippen LogP contribution in [0.3, 0.4) is 0 Å². The van der Waals surface area contributed by atoms with Crippen molar-refractivity contribution in [2.45, 2.75) is 26.3 Å². The van der Waals surface area contributed by atoms with Gasteiger partial charge in [-0.1, -0.05) is 13.0 Å². The SMILES string of the molecule is COc1ccc(CN2CCCC(C)C2)c(O)c1. The maximum Gasteiger partial charge on any atom is 0.123 e. The predicted molar refractivity (Wildman–Crippen MR) is 68.3 cm³/mol. The van der Waals surface area contributed by atoms with Crippen LogP contribution in [0.4, 0.5) is 0 Å². The minimum Gasteiger partial charge on any atom is -0.507 e. The molecule has 0 spiro atoms. The molecule has 0 saturated carbocycles. The molecule has 1 fully saturated rings. The van der Waals surface area contributed by atoms with Crippen molar-refractivity contribution >= 4 is 0 Å². The summed E-state index contributed by atoms with van der Waals surface area (Å²) in [6.07, 6.45) is 2.59. The fraction of sp³-hybridized carbons (Fsp3) is 0.571. The maximum atomic E-state index is 9.91. The van der Waals surface area contributed by atoms with Gasteiger partial charge in [-0.05, 0) is 31.4 Å². The van der Waals surface area contributed by atoms with E-state index >= 15 is 0 Å². The fourth-order valence-electron chi connectivity index (χ4n) is 2.48. The number of rotatable bonds is 3. The van der Waals surface area contributed by atoms with E-state index in [0.717, 1.165) is 31.1 Å². The van der Waals surface area contributed by atoms with Crippen LogP contribution in [-0.4, -0.2) is 30.2 Å². The molecular weight excluding hydrogens is 214 g/mol. The van der Waals surface area contributed by atoms with Crippen LogP contribution >= 0.6 is 0 Å². The first-order valence-corrected chi connectivity index (χ1v) is 6.27. The minimum atomic E-state index is 0.336. The number of aromatic hydroxyl groups is 1. The van der Waals surface area contributed by atoms with Crippen LogP contribution in [0.1, 0.15) is 25.3 Å². The first-order valence-electron chi connectivity index (χ1n) is 6.27. The average Bonchev–Trinajstić information content (AvgIpc) is 2.32. The molecule has 0 radical (unpaired) electrons. The lowest BCUT2D eigenvalue weighted by molar-refractivity contribution is 0.175. The number of phenols is 1. The van der Waals surface area contributed by atoms with E-state index in [2.05, 4.69) is 11.8 Å². The molecule has 1 unspecified atom stereocenters. The van der Waals surface area contributed by atoms with E-state index < -0.39 is 0 Å². The molecule has 1 aromatic carbocycles. The third-order valence-corrected chi connectivity index (χ3v) is 3.43. The zero-order valence-corrected chi connectivity index (χ0v) is 10.6. The molecule has 1 aromatic rings. The van der Waals surface area contributed by atoms with Gasteiger partial charge in [0.05, 0.1) is 7.11 Å². The molecule has 0 aliphatic carbocycles. The molecule has 3 heteroatoms. The lowest BCUT2D eigenvalue weighted by atomic mass is 10.00. The number of hydrogen-bond acceptors (Lipinski definition) is 3. The normalized spacial score (nSPS) is 21.4. The minimum absolute atomic E-state index is 0.336. The second-order valence-electron chi connectivity index (χ2n) is 4.98. The Hall–Kier alpha value is -1.22. The second kappa shape index (κ2) is 5.41. The molecule has 1 atom stereocenters. The number of benzene rings is 1. The Morgan fingerprint density at radius 2 is 2.29 bits per heavy atom. The number of phenolic OH excluding ortho intramolecular Hbond substituents is 1. The van der Waals surface area contributed by atoms with Gasteiger partial charge in [0.15, 0.2) is 0 Å². The van der Waals surface area contributed by atoms with E-state index in [9.17, 15) is 5.11 Å². The topological polar surface area (TPSA) is 32.7 Å². The lowest BCUT2D eigenvalue weighted by Gasteiger charge is -2.31. The number of hydrogen-bond donors (Lipinski definition) is 1. The summed E-state index contributed by atoms with van der Waals surface area (Å²) in [4.78, 5) is 2.41. The molecule has 1 N–H and O–H groups in total. The van der Waals surface area contributed by atoms with Gasteiger partial charge in [-0.15, -0.1) is 0 Å². The van der Waals surface area contributed by atoms with Crippen molar-refractivity contribution in [3.8, 4) is 11.5 Å². The second-order valence-corrected chi connectivity index (χ2v) is 4.98. The lowest BCUT2D eigenvalue weighted by Crippen LogP contribution is -2.33. The van der Waals surface area contributed by atoms with Gasteiger partial charge in [-0.25, -0.2) is 0 Å². The molecular formula is C14H21NO2. The summed E-state index contributed by atoms with van der Waals surface area (Å²) in [7, 11) is 1.61. The molecule has 1 aliphatic rings. The molecule has 3 nitrogen and oxygen atoms in total. The van der Waals surface area contributed by atoms with E-state index in [0.29, 0.717) is 11.5 Å². The Morgan fingerprint density at radius 1 is 1.47 bits per heavy atom. The van der Waals surface area contributed by atoms with Crippen molar-refractivity contribution < 1.29 is 9.84 Å². The monoisotopic (exact) mass is 235 g/mol. The van der Waals surface area contributed by atoms with Crippen molar-refractivity contribution in [2.24, 2.45) is 5.92 Å². The van der Waals surface area contributed by atoms with E-state index in [1.54, 1.807) is 13.2 Å². The van der Waals surface area contributed by atoms with Gasteiger partial charge in [0, 0.05) is 24.7 Å². The predicted octanol–water partition coefficient (Wildman–Crippen LogP) is 2.63. The third kappa shape index (κ3) is 3.13. The Kier molecular flexibility index (Phi) is 3.89. The smallest absolute Gasteiger partial charge is 0.123 e. The maximum absolute atomic E-state index is 9.91. The highest BCUT2D eigenvalue weighted by molar-refractivity contribution is 5.39. The first-order chi connectivity index (χ1) is 8.19. The van der Waals surface area contributed by atoms with Gasteiger partial charge in [-0.3, -0.25) is 4.90 Å². The molecule has 1 heterocycles. The molecule has 2 rings (SSSR count). The van der Waals surface area contributed by atoms with Gasteiger partial charge < -0.3 is 9.84 Å². The largest absolute Gasteiger partial charge is 0.507 e. The Balaban J connectivity index is 2.02. The Labute approximate surface area is 103 Å².